The Morgan fingerprint density at radius 1 is 1.00 bits per heavy atom. The van der Waals surface area contributed by atoms with Crippen molar-refractivity contribution < 1.29 is 33.8 Å². The number of hydrogen-bond acceptors (Lipinski definition) is 6. The topological polar surface area (TPSA) is 122 Å². The number of hydrogen-bond donors (Lipinski definition) is 2. The number of nitrogens with one attached hydrogen (secondary N) is 1. The van der Waals surface area contributed by atoms with Crippen molar-refractivity contribution in [3.05, 3.63) is 59.7 Å². The van der Waals surface area contributed by atoms with Gasteiger partial charge in [0.2, 0.25) is 6.04 Å². The van der Waals surface area contributed by atoms with E-state index in [1.165, 1.54) is 7.05 Å². The summed E-state index contributed by atoms with van der Waals surface area (Å²) in [5, 5.41) is 11.1. The number of ether oxygens (including phenoxy) is 2. The van der Waals surface area contributed by atoms with E-state index in [0.29, 0.717) is 0 Å². The van der Waals surface area contributed by atoms with Crippen molar-refractivity contribution in [3.8, 4) is 11.1 Å². The lowest BCUT2D eigenvalue weighted by atomic mass is 9.98. The summed E-state index contributed by atoms with van der Waals surface area (Å²) in [5.41, 5.74) is 4.19. The number of carboxylic acid groups (broad SMARTS) is 1. The van der Waals surface area contributed by atoms with Gasteiger partial charge >= 0.3 is 18.0 Å². The second-order valence-electron chi connectivity index (χ2n) is 7.56. The molecule has 0 spiro atoms. The van der Waals surface area contributed by atoms with E-state index >= 15 is 0 Å². The van der Waals surface area contributed by atoms with Gasteiger partial charge in [-0.3, -0.25) is 14.9 Å². The molecule has 0 saturated carbocycles. The van der Waals surface area contributed by atoms with E-state index in [-0.39, 0.29) is 32.1 Å². The SMILES string of the molecule is CCOC(=O)C(NC(=O)OCC1c2ccccc2-c2ccccc21)C(=O)N(C)CCC(=O)O. The Hall–Kier alpha value is -3.88. The molecule has 0 aliphatic heterocycles. The fraction of sp³-hybridized carbons (Fsp3) is 0.333. The lowest BCUT2D eigenvalue weighted by Crippen LogP contribution is -2.53. The minimum absolute atomic E-state index is 0.00776. The van der Waals surface area contributed by atoms with Crippen molar-refractivity contribution >= 4 is 23.9 Å². The summed E-state index contributed by atoms with van der Waals surface area (Å²) >= 11 is 0. The maximum Gasteiger partial charge on any atom is 0.408 e. The van der Waals surface area contributed by atoms with Gasteiger partial charge in [-0.25, -0.2) is 9.59 Å². The molecule has 9 nitrogen and oxygen atoms in total. The van der Waals surface area contributed by atoms with Crippen LogP contribution < -0.4 is 5.32 Å². The molecule has 3 rings (SSSR count). The second-order valence-corrected chi connectivity index (χ2v) is 7.56. The van der Waals surface area contributed by atoms with Gasteiger partial charge in [-0.15, -0.1) is 0 Å². The molecule has 1 atom stereocenters. The van der Waals surface area contributed by atoms with Crippen molar-refractivity contribution in [2.24, 2.45) is 0 Å². The van der Waals surface area contributed by atoms with Gasteiger partial charge in [0, 0.05) is 19.5 Å². The van der Waals surface area contributed by atoms with Gasteiger partial charge in [0.05, 0.1) is 13.0 Å². The summed E-state index contributed by atoms with van der Waals surface area (Å²) in [5.74, 6) is -3.01. The van der Waals surface area contributed by atoms with Gasteiger partial charge in [0.1, 0.15) is 6.61 Å². The zero-order valence-electron chi connectivity index (χ0n) is 18.4. The Morgan fingerprint density at radius 3 is 2.12 bits per heavy atom. The third-order valence-corrected chi connectivity index (χ3v) is 5.41. The number of fused-ring (bicyclic) bond motifs is 3. The molecule has 2 aromatic carbocycles. The number of carboxylic acids is 1. The van der Waals surface area contributed by atoms with E-state index in [0.717, 1.165) is 27.2 Å². The van der Waals surface area contributed by atoms with Gasteiger partial charge < -0.3 is 19.5 Å². The molecule has 2 N–H and O–H groups in total. The summed E-state index contributed by atoms with van der Waals surface area (Å²) < 4.78 is 10.3. The third kappa shape index (κ3) is 5.49. The van der Waals surface area contributed by atoms with Crippen molar-refractivity contribution in [1.29, 1.82) is 0 Å². The molecule has 0 heterocycles. The number of esters is 1. The predicted molar refractivity (Wildman–Crippen MR) is 119 cm³/mol. The van der Waals surface area contributed by atoms with Gasteiger partial charge in [0.25, 0.3) is 5.91 Å². The van der Waals surface area contributed by atoms with E-state index in [1.807, 2.05) is 48.5 Å². The lowest BCUT2D eigenvalue weighted by Gasteiger charge is -2.23. The lowest BCUT2D eigenvalue weighted by molar-refractivity contribution is -0.151. The summed E-state index contributed by atoms with van der Waals surface area (Å²) in [4.78, 5) is 49.3. The molecule has 174 valence electrons. The number of nitrogens with zero attached hydrogens (tertiary/aromatic N) is 1. The molecule has 0 bridgehead atoms. The molecule has 0 aromatic heterocycles. The monoisotopic (exact) mass is 454 g/mol. The molecule has 0 fully saturated rings. The number of amides is 2. The van der Waals surface area contributed by atoms with Crippen molar-refractivity contribution in [1.82, 2.24) is 10.2 Å². The van der Waals surface area contributed by atoms with E-state index < -0.39 is 30.0 Å². The van der Waals surface area contributed by atoms with Crippen LogP contribution in [0.3, 0.4) is 0 Å². The van der Waals surface area contributed by atoms with Crippen LogP contribution in [0.5, 0.6) is 0 Å². The smallest absolute Gasteiger partial charge is 0.408 e. The zero-order valence-corrected chi connectivity index (χ0v) is 18.4. The highest BCUT2D eigenvalue weighted by Gasteiger charge is 2.34. The number of carbonyl (C=O) groups is 4. The number of rotatable bonds is 9. The number of alkyl carbamates (subject to hydrolysis) is 1. The Bertz CT molecular complexity index is 1010. The summed E-state index contributed by atoms with van der Waals surface area (Å²) in [6, 6.07) is 14.1. The average Bonchev–Trinajstić information content (AvgIpc) is 3.13. The van der Waals surface area contributed by atoms with Crippen molar-refractivity contribution in [2.75, 3.05) is 26.8 Å². The number of carbonyl (C=O) groups excluding carboxylic acids is 3. The van der Waals surface area contributed by atoms with E-state index in [9.17, 15) is 19.2 Å². The molecule has 1 aliphatic rings. The highest BCUT2D eigenvalue weighted by molar-refractivity contribution is 6.04. The fourth-order valence-electron chi connectivity index (χ4n) is 3.80. The third-order valence-electron chi connectivity index (χ3n) is 5.41. The molecular weight excluding hydrogens is 428 g/mol. The molecular formula is C24H26N2O7. The van der Waals surface area contributed by atoms with Gasteiger partial charge in [-0.2, -0.15) is 0 Å². The highest BCUT2D eigenvalue weighted by Crippen LogP contribution is 2.44. The average molecular weight is 454 g/mol. The van der Waals surface area contributed by atoms with Crippen molar-refractivity contribution in [2.45, 2.75) is 25.3 Å². The van der Waals surface area contributed by atoms with Crippen LogP contribution in [0.4, 0.5) is 4.79 Å². The quantitative estimate of drug-likeness (QED) is 0.441. The molecule has 1 unspecified atom stereocenters. The van der Waals surface area contributed by atoms with Crippen LogP contribution in [0.1, 0.15) is 30.4 Å². The van der Waals surface area contributed by atoms with E-state index in [1.54, 1.807) is 6.92 Å². The summed E-state index contributed by atoms with van der Waals surface area (Å²) in [6.45, 7) is 1.46. The van der Waals surface area contributed by atoms with E-state index in [2.05, 4.69) is 5.32 Å². The number of aliphatic carboxylic acids is 1. The highest BCUT2D eigenvalue weighted by atomic mass is 16.6. The Kier molecular flexibility index (Phi) is 7.66. The largest absolute Gasteiger partial charge is 0.481 e. The van der Waals surface area contributed by atoms with Crippen LogP contribution in [0, 0.1) is 0 Å². The van der Waals surface area contributed by atoms with Gasteiger partial charge in [-0.05, 0) is 29.2 Å². The van der Waals surface area contributed by atoms with Crippen molar-refractivity contribution in [3.63, 3.8) is 0 Å². The normalized spacial score (nSPS) is 12.8. The Morgan fingerprint density at radius 2 is 1.58 bits per heavy atom. The predicted octanol–water partition coefficient (Wildman–Crippen LogP) is 2.39. The van der Waals surface area contributed by atoms with Crippen LogP contribution in [0.25, 0.3) is 11.1 Å². The Labute approximate surface area is 191 Å². The molecule has 2 amide bonds. The molecule has 1 aliphatic carbocycles. The van der Waals surface area contributed by atoms with Crippen LogP contribution in [0.2, 0.25) is 0 Å². The first-order valence-electron chi connectivity index (χ1n) is 10.6. The minimum Gasteiger partial charge on any atom is -0.481 e. The zero-order chi connectivity index (χ0) is 24.0. The molecule has 9 heteroatoms. The standard InChI is InChI=1S/C24H26N2O7/c1-3-32-23(30)21(22(29)26(2)13-12-20(27)28)25-24(31)33-14-19-17-10-6-4-8-15(17)16-9-5-7-11-18(16)19/h4-11,19,21H,3,12-14H2,1-2H3,(H,25,31)(H,27,28). The Balaban J connectivity index is 1.69. The first kappa shape index (κ1) is 23.8. The van der Waals surface area contributed by atoms with E-state index in [4.69, 9.17) is 14.6 Å². The molecule has 2 aromatic rings. The molecule has 33 heavy (non-hydrogen) atoms. The summed E-state index contributed by atoms with van der Waals surface area (Å²) in [6.07, 6.45) is -1.25. The van der Waals surface area contributed by atoms with Crippen LogP contribution in [-0.4, -0.2) is 66.8 Å². The fourth-order valence-corrected chi connectivity index (χ4v) is 3.80. The molecule has 0 radical (unpaired) electrons. The van der Waals surface area contributed by atoms with Crippen LogP contribution >= 0.6 is 0 Å². The maximum atomic E-state index is 12.7. The van der Waals surface area contributed by atoms with Crippen LogP contribution in [0.15, 0.2) is 48.5 Å². The minimum atomic E-state index is -1.64. The van der Waals surface area contributed by atoms with Gasteiger partial charge in [0.15, 0.2) is 0 Å². The maximum absolute atomic E-state index is 12.7. The summed E-state index contributed by atoms with van der Waals surface area (Å²) in [7, 11) is 1.34. The van der Waals surface area contributed by atoms with Crippen LogP contribution in [-0.2, 0) is 23.9 Å². The second kappa shape index (κ2) is 10.6. The first-order valence-corrected chi connectivity index (χ1v) is 10.6. The first-order chi connectivity index (χ1) is 15.8. The number of benzene rings is 2. The van der Waals surface area contributed by atoms with Gasteiger partial charge in [-0.1, -0.05) is 48.5 Å². The number of likely N-dealkylation sites (N-methyl/N-ethyl adjacent to an activating group) is 1. The molecule has 0 saturated heterocycles.